The Hall–Kier alpha value is -1.01. The third kappa shape index (κ3) is 4.24. The minimum absolute atomic E-state index is 0.685. The Morgan fingerprint density at radius 2 is 2.12 bits per heavy atom. The molecule has 90 valence electrons. The fourth-order valence-electron chi connectivity index (χ4n) is 1.13. The molecule has 0 saturated carbocycles. The van der Waals surface area contributed by atoms with Crippen molar-refractivity contribution in [2.45, 2.75) is 12.1 Å². The van der Waals surface area contributed by atoms with E-state index in [1.807, 2.05) is 26.3 Å². The van der Waals surface area contributed by atoms with Gasteiger partial charge in [-0.25, -0.2) is 9.97 Å². The topological polar surface area (TPSA) is 59.1 Å². The molecule has 0 spiro atoms. The molecule has 0 aromatic carbocycles. The van der Waals surface area contributed by atoms with Gasteiger partial charge in [0.1, 0.15) is 11.6 Å². The zero-order valence-electron chi connectivity index (χ0n) is 9.91. The highest BCUT2D eigenvalue weighted by atomic mass is 32.2. The average molecular weight is 242 g/mol. The van der Waals surface area contributed by atoms with Crippen LogP contribution in [-0.4, -0.2) is 43.0 Å². The summed E-state index contributed by atoms with van der Waals surface area (Å²) < 4.78 is 5.24. The first-order valence-electron chi connectivity index (χ1n) is 5.22. The van der Waals surface area contributed by atoms with Crippen molar-refractivity contribution in [2.24, 2.45) is 0 Å². The lowest BCUT2D eigenvalue weighted by Gasteiger charge is -2.08. The number of thioether (sulfide) groups is 1. The normalized spacial score (nSPS) is 10.2. The van der Waals surface area contributed by atoms with E-state index in [9.17, 15) is 0 Å². The second-order valence-corrected chi connectivity index (χ2v) is 3.77. The Bertz CT molecular complexity index is 299. The van der Waals surface area contributed by atoms with Gasteiger partial charge in [0, 0.05) is 26.3 Å². The summed E-state index contributed by atoms with van der Waals surface area (Å²) in [5.41, 5.74) is 0. The molecule has 6 heteroatoms. The Morgan fingerprint density at radius 1 is 1.38 bits per heavy atom. The summed E-state index contributed by atoms with van der Waals surface area (Å²) in [6.07, 6.45) is 1.96. The number of anilines is 2. The van der Waals surface area contributed by atoms with Crippen LogP contribution >= 0.6 is 11.8 Å². The van der Waals surface area contributed by atoms with E-state index >= 15 is 0 Å². The van der Waals surface area contributed by atoms with E-state index in [-0.39, 0.29) is 0 Å². The van der Waals surface area contributed by atoms with Crippen molar-refractivity contribution < 1.29 is 4.74 Å². The molecule has 1 aromatic rings. The number of nitrogens with one attached hydrogen (secondary N) is 2. The first-order chi connectivity index (χ1) is 7.80. The second kappa shape index (κ2) is 7.29. The maximum atomic E-state index is 5.24. The summed E-state index contributed by atoms with van der Waals surface area (Å²) in [6, 6.07) is 1.88. The molecule has 16 heavy (non-hydrogen) atoms. The molecule has 1 aromatic heterocycles. The average Bonchev–Trinajstić information content (AvgIpc) is 2.34. The first kappa shape index (κ1) is 13.1. The van der Waals surface area contributed by atoms with Crippen LogP contribution in [-0.2, 0) is 4.74 Å². The zero-order valence-corrected chi connectivity index (χ0v) is 10.7. The lowest BCUT2D eigenvalue weighted by Crippen LogP contribution is -2.11. The molecule has 1 rings (SSSR count). The van der Waals surface area contributed by atoms with Crippen molar-refractivity contribution in [1.29, 1.82) is 0 Å². The van der Waals surface area contributed by atoms with Crippen LogP contribution in [0, 0.1) is 0 Å². The second-order valence-electron chi connectivity index (χ2n) is 3.00. The molecule has 0 radical (unpaired) electrons. The highest BCUT2D eigenvalue weighted by molar-refractivity contribution is 7.98. The van der Waals surface area contributed by atoms with Crippen molar-refractivity contribution in [3.05, 3.63) is 6.07 Å². The molecule has 0 fully saturated rings. The Labute approximate surface area is 100 Å². The number of rotatable bonds is 7. The van der Waals surface area contributed by atoms with E-state index in [2.05, 4.69) is 20.6 Å². The fourth-order valence-corrected chi connectivity index (χ4v) is 1.51. The van der Waals surface area contributed by atoms with Crippen LogP contribution in [0.4, 0.5) is 11.6 Å². The maximum absolute atomic E-state index is 5.24. The van der Waals surface area contributed by atoms with E-state index in [1.54, 1.807) is 0 Å². The largest absolute Gasteiger partial charge is 0.380 e. The van der Waals surface area contributed by atoms with Gasteiger partial charge in [-0.05, 0) is 13.2 Å². The number of hydrogen-bond acceptors (Lipinski definition) is 6. The van der Waals surface area contributed by atoms with E-state index in [0.29, 0.717) is 6.61 Å². The molecule has 5 nitrogen and oxygen atoms in total. The quantitative estimate of drug-likeness (QED) is 0.431. The van der Waals surface area contributed by atoms with Crippen LogP contribution in [0.3, 0.4) is 0 Å². The van der Waals surface area contributed by atoms with Crippen LogP contribution < -0.4 is 10.6 Å². The molecule has 0 bridgehead atoms. The molecular weight excluding hydrogens is 224 g/mol. The molecule has 0 aliphatic heterocycles. The minimum atomic E-state index is 0.685. The predicted molar refractivity (Wildman–Crippen MR) is 68.3 cm³/mol. The van der Waals surface area contributed by atoms with Gasteiger partial charge in [-0.2, -0.15) is 0 Å². The van der Waals surface area contributed by atoms with Crippen molar-refractivity contribution in [1.82, 2.24) is 9.97 Å². The molecule has 2 N–H and O–H groups in total. The van der Waals surface area contributed by atoms with Crippen LogP contribution in [0.5, 0.6) is 0 Å². The molecule has 0 aliphatic rings. The highest BCUT2D eigenvalue weighted by Crippen LogP contribution is 2.16. The molecule has 1 heterocycles. The molecule has 0 saturated heterocycles. The highest BCUT2D eigenvalue weighted by Gasteiger charge is 2.02. The summed E-state index contributed by atoms with van der Waals surface area (Å²) in [5.74, 6) is 1.64. The number of aromatic nitrogens is 2. The lowest BCUT2D eigenvalue weighted by molar-refractivity contribution is 0.158. The summed E-state index contributed by atoms with van der Waals surface area (Å²) >= 11 is 1.52. The SMILES string of the molecule is CCOCCNc1cc(NC)nc(SC)n1. The standard InChI is InChI=1S/C10H18N4OS/c1-4-15-6-5-12-9-7-8(11-2)13-10(14-9)16-3/h7H,4-6H2,1-3H3,(H2,11,12,13,14). The van der Waals surface area contributed by atoms with Gasteiger partial charge in [0.2, 0.25) is 0 Å². The van der Waals surface area contributed by atoms with Crippen molar-refractivity contribution >= 4 is 23.4 Å². The summed E-state index contributed by atoms with van der Waals surface area (Å²) in [4.78, 5) is 8.63. The zero-order chi connectivity index (χ0) is 11.8. The van der Waals surface area contributed by atoms with Crippen LogP contribution in [0.15, 0.2) is 11.2 Å². The molecule has 0 aliphatic carbocycles. The number of ether oxygens (including phenoxy) is 1. The molecule has 0 amide bonds. The van der Waals surface area contributed by atoms with E-state index < -0.39 is 0 Å². The Kier molecular flexibility index (Phi) is 5.95. The third-order valence-corrected chi connectivity index (χ3v) is 2.45. The number of nitrogens with zero attached hydrogens (tertiary/aromatic N) is 2. The lowest BCUT2D eigenvalue weighted by atomic mass is 10.5. The maximum Gasteiger partial charge on any atom is 0.191 e. The number of hydrogen-bond donors (Lipinski definition) is 2. The summed E-state index contributed by atoms with van der Waals surface area (Å²) in [5, 5.41) is 6.96. The molecule has 0 atom stereocenters. The summed E-state index contributed by atoms with van der Waals surface area (Å²) in [7, 11) is 1.84. The molecular formula is C10H18N4OS. The van der Waals surface area contributed by atoms with Crippen molar-refractivity contribution in [2.75, 3.05) is 43.7 Å². The van der Waals surface area contributed by atoms with Gasteiger partial charge in [0.05, 0.1) is 6.61 Å². The molecule has 0 unspecified atom stereocenters. The van der Waals surface area contributed by atoms with Crippen LogP contribution in [0.1, 0.15) is 6.92 Å². The van der Waals surface area contributed by atoms with E-state index in [4.69, 9.17) is 4.74 Å². The van der Waals surface area contributed by atoms with Gasteiger partial charge in [-0.1, -0.05) is 11.8 Å². The van der Waals surface area contributed by atoms with Crippen LogP contribution in [0.2, 0.25) is 0 Å². The smallest absolute Gasteiger partial charge is 0.191 e. The third-order valence-electron chi connectivity index (χ3n) is 1.90. The monoisotopic (exact) mass is 242 g/mol. The minimum Gasteiger partial charge on any atom is -0.380 e. The van der Waals surface area contributed by atoms with Crippen molar-refractivity contribution in [3.63, 3.8) is 0 Å². The predicted octanol–water partition coefficient (Wildman–Crippen LogP) is 1.69. The van der Waals surface area contributed by atoms with Gasteiger partial charge < -0.3 is 15.4 Å². The van der Waals surface area contributed by atoms with E-state index in [1.165, 1.54) is 11.8 Å². The fraction of sp³-hybridized carbons (Fsp3) is 0.600. The van der Waals surface area contributed by atoms with Gasteiger partial charge in [-0.15, -0.1) is 0 Å². The van der Waals surface area contributed by atoms with Gasteiger partial charge in [0.15, 0.2) is 5.16 Å². The van der Waals surface area contributed by atoms with Gasteiger partial charge in [-0.3, -0.25) is 0 Å². The van der Waals surface area contributed by atoms with Crippen molar-refractivity contribution in [3.8, 4) is 0 Å². The first-order valence-corrected chi connectivity index (χ1v) is 6.45. The van der Waals surface area contributed by atoms with E-state index in [0.717, 1.165) is 29.9 Å². The Balaban J connectivity index is 2.57. The van der Waals surface area contributed by atoms with Crippen LogP contribution in [0.25, 0.3) is 0 Å². The Morgan fingerprint density at radius 3 is 2.75 bits per heavy atom. The van der Waals surface area contributed by atoms with Gasteiger partial charge >= 0.3 is 0 Å². The summed E-state index contributed by atoms with van der Waals surface area (Å²) in [6.45, 7) is 4.16. The van der Waals surface area contributed by atoms with Gasteiger partial charge in [0.25, 0.3) is 0 Å².